The van der Waals surface area contributed by atoms with E-state index >= 15 is 0 Å². The van der Waals surface area contributed by atoms with E-state index in [1.165, 1.54) is 0 Å². The molecule has 4 nitrogen and oxygen atoms in total. The number of hydrogen-bond donors (Lipinski definition) is 2. The lowest BCUT2D eigenvalue weighted by molar-refractivity contribution is 0.0947. The summed E-state index contributed by atoms with van der Waals surface area (Å²) in [5.41, 5.74) is 0.960. The maximum Gasteiger partial charge on any atom is 0.255 e. The largest absolute Gasteiger partial charge is 0.506 e. The van der Waals surface area contributed by atoms with E-state index in [0.717, 1.165) is 5.69 Å². The van der Waals surface area contributed by atoms with Gasteiger partial charge in [-0.1, -0.05) is 22.0 Å². The predicted octanol–water partition coefficient (Wildman–Crippen LogP) is 3.24. The summed E-state index contributed by atoms with van der Waals surface area (Å²) in [6.07, 6.45) is 1.66. The van der Waals surface area contributed by atoms with Crippen molar-refractivity contribution >= 4 is 37.8 Å². The van der Waals surface area contributed by atoms with Gasteiger partial charge in [0.15, 0.2) is 0 Å². The Morgan fingerprint density at radius 2 is 2.11 bits per heavy atom. The van der Waals surface area contributed by atoms with Crippen LogP contribution in [0.4, 0.5) is 0 Å². The molecule has 1 heterocycles. The Hall–Kier alpha value is -1.40. The number of benzene rings is 1. The molecule has 0 unspecified atom stereocenters. The number of hydrogen-bond acceptors (Lipinski definition) is 3. The van der Waals surface area contributed by atoms with Gasteiger partial charge in [0.25, 0.3) is 5.91 Å². The first-order chi connectivity index (χ1) is 9.08. The molecular weight excluding hydrogens is 376 g/mol. The molecule has 2 rings (SSSR count). The van der Waals surface area contributed by atoms with Crippen LogP contribution in [0.25, 0.3) is 0 Å². The molecule has 0 radical (unpaired) electrons. The zero-order valence-corrected chi connectivity index (χ0v) is 12.9. The number of aromatic hydroxyl groups is 1. The molecule has 0 saturated carbocycles. The minimum atomic E-state index is -0.356. The normalized spacial score (nSPS) is 10.2. The second-order valence-electron chi connectivity index (χ2n) is 3.79. The average Bonchev–Trinajstić information content (AvgIpc) is 2.41. The average molecular weight is 386 g/mol. The molecule has 6 heteroatoms. The van der Waals surface area contributed by atoms with Crippen LogP contribution in [0.5, 0.6) is 5.75 Å². The van der Waals surface area contributed by atoms with Crippen LogP contribution in [0.15, 0.2) is 45.5 Å². The van der Waals surface area contributed by atoms with Crippen LogP contribution in [0, 0.1) is 0 Å². The van der Waals surface area contributed by atoms with E-state index in [-0.39, 0.29) is 17.2 Å². The van der Waals surface area contributed by atoms with Crippen LogP contribution < -0.4 is 5.32 Å². The number of pyridine rings is 1. The lowest BCUT2D eigenvalue weighted by Crippen LogP contribution is -2.23. The van der Waals surface area contributed by atoms with Crippen LogP contribution in [0.3, 0.4) is 0 Å². The fourth-order valence-electron chi connectivity index (χ4n) is 1.51. The number of nitrogens with one attached hydrogen (secondary N) is 1. The topological polar surface area (TPSA) is 62.2 Å². The van der Waals surface area contributed by atoms with Gasteiger partial charge < -0.3 is 10.4 Å². The van der Waals surface area contributed by atoms with Crippen LogP contribution in [0.2, 0.25) is 0 Å². The molecule has 1 aromatic carbocycles. The van der Waals surface area contributed by atoms with Crippen molar-refractivity contribution in [3.05, 3.63) is 56.7 Å². The van der Waals surface area contributed by atoms with Gasteiger partial charge in [-0.25, -0.2) is 0 Å². The van der Waals surface area contributed by atoms with Crippen LogP contribution in [-0.2, 0) is 6.54 Å². The molecule has 0 fully saturated rings. The van der Waals surface area contributed by atoms with E-state index in [1.54, 1.807) is 18.3 Å². The van der Waals surface area contributed by atoms with Gasteiger partial charge in [0.1, 0.15) is 5.75 Å². The number of phenols is 1. The predicted molar refractivity (Wildman–Crippen MR) is 78.9 cm³/mol. The van der Waals surface area contributed by atoms with Crippen molar-refractivity contribution in [2.45, 2.75) is 6.54 Å². The summed E-state index contributed by atoms with van der Waals surface area (Å²) >= 11 is 6.47. The molecule has 0 atom stereocenters. The van der Waals surface area contributed by atoms with Crippen molar-refractivity contribution in [3.8, 4) is 5.75 Å². The van der Waals surface area contributed by atoms with Crippen LogP contribution in [-0.4, -0.2) is 16.0 Å². The molecule has 0 aliphatic heterocycles. The molecule has 1 aromatic heterocycles. The van der Waals surface area contributed by atoms with E-state index in [1.807, 2.05) is 18.2 Å². The van der Waals surface area contributed by atoms with Crippen molar-refractivity contribution in [1.82, 2.24) is 10.3 Å². The molecule has 2 N–H and O–H groups in total. The van der Waals surface area contributed by atoms with E-state index in [0.29, 0.717) is 15.5 Å². The number of nitrogens with zero attached hydrogens (tertiary/aromatic N) is 1. The van der Waals surface area contributed by atoms with Gasteiger partial charge in [0.2, 0.25) is 0 Å². The Kier molecular flexibility index (Phi) is 4.55. The number of carbonyl (C=O) groups is 1. The zero-order valence-electron chi connectivity index (χ0n) is 9.73. The SMILES string of the molecule is O=C(NCc1ccccn1)c1cc(Br)cc(Br)c1O. The fraction of sp³-hybridized carbons (Fsp3) is 0.0769. The molecule has 0 bridgehead atoms. The molecule has 0 aliphatic rings. The van der Waals surface area contributed by atoms with Crippen LogP contribution >= 0.6 is 31.9 Å². The Labute approximate surface area is 127 Å². The molecular formula is C13H10Br2N2O2. The van der Waals surface area contributed by atoms with Gasteiger partial charge in [-0.3, -0.25) is 9.78 Å². The summed E-state index contributed by atoms with van der Waals surface area (Å²) in [5.74, 6) is -0.438. The summed E-state index contributed by atoms with van der Waals surface area (Å²) in [5, 5.41) is 12.6. The highest BCUT2D eigenvalue weighted by Crippen LogP contribution is 2.31. The first-order valence-electron chi connectivity index (χ1n) is 5.44. The summed E-state index contributed by atoms with van der Waals surface area (Å²) in [4.78, 5) is 16.1. The van der Waals surface area contributed by atoms with Gasteiger partial charge in [-0.15, -0.1) is 0 Å². The van der Waals surface area contributed by atoms with E-state index < -0.39 is 0 Å². The zero-order chi connectivity index (χ0) is 13.8. The number of carbonyl (C=O) groups excluding carboxylic acids is 1. The summed E-state index contributed by atoms with van der Waals surface area (Å²) < 4.78 is 1.17. The van der Waals surface area contributed by atoms with Crippen molar-refractivity contribution in [3.63, 3.8) is 0 Å². The molecule has 19 heavy (non-hydrogen) atoms. The minimum absolute atomic E-state index is 0.0817. The number of aromatic nitrogens is 1. The highest BCUT2D eigenvalue weighted by Gasteiger charge is 2.14. The van der Waals surface area contributed by atoms with E-state index in [2.05, 4.69) is 42.2 Å². The Morgan fingerprint density at radius 1 is 1.32 bits per heavy atom. The number of phenolic OH excluding ortho intramolecular Hbond substituents is 1. The van der Waals surface area contributed by atoms with Crippen molar-refractivity contribution < 1.29 is 9.90 Å². The third kappa shape index (κ3) is 3.54. The molecule has 0 spiro atoms. The molecule has 0 saturated heterocycles. The third-order valence-corrected chi connectivity index (χ3v) is 3.49. The van der Waals surface area contributed by atoms with Gasteiger partial charge in [0, 0.05) is 10.7 Å². The first-order valence-corrected chi connectivity index (χ1v) is 7.02. The summed E-state index contributed by atoms with van der Waals surface area (Å²) in [6.45, 7) is 0.309. The lowest BCUT2D eigenvalue weighted by Gasteiger charge is -2.08. The van der Waals surface area contributed by atoms with Gasteiger partial charge in [0.05, 0.1) is 22.3 Å². The maximum atomic E-state index is 12.0. The minimum Gasteiger partial charge on any atom is -0.506 e. The highest BCUT2D eigenvalue weighted by molar-refractivity contribution is 9.11. The number of halogens is 2. The smallest absolute Gasteiger partial charge is 0.255 e. The molecule has 0 aliphatic carbocycles. The summed E-state index contributed by atoms with van der Waals surface area (Å²) in [7, 11) is 0. The van der Waals surface area contributed by atoms with Crippen molar-refractivity contribution in [2.75, 3.05) is 0 Å². The lowest BCUT2D eigenvalue weighted by atomic mass is 10.2. The third-order valence-electron chi connectivity index (χ3n) is 2.43. The molecule has 98 valence electrons. The first kappa shape index (κ1) is 14.0. The maximum absolute atomic E-state index is 12.0. The second-order valence-corrected chi connectivity index (χ2v) is 5.56. The van der Waals surface area contributed by atoms with Gasteiger partial charge in [-0.05, 0) is 40.2 Å². The highest BCUT2D eigenvalue weighted by atomic mass is 79.9. The molecule has 1 amide bonds. The molecule has 2 aromatic rings. The quantitative estimate of drug-likeness (QED) is 0.852. The fourth-order valence-corrected chi connectivity index (χ4v) is 2.73. The van der Waals surface area contributed by atoms with Gasteiger partial charge >= 0.3 is 0 Å². The van der Waals surface area contributed by atoms with Crippen molar-refractivity contribution in [1.29, 1.82) is 0 Å². The van der Waals surface area contributed by atoms with Crippen LogP contribution in [0.1, 0.15) is 16.1 Å². The Morgan fingerprint density at radius 3 is 2.79 bits per heavy atom. The second kappa shape index (κ2) is 6.16. The Bertz CT molecular complexity index is 603. The standard InChI is InChI=1S/C13H10Br2N2O2/c14-8-5-10(12(18)11(15)6-8)13(19)17-7-9-3-1-2-4-16-9/h1-6,18H,7H2,(H,17,19). The van der Waals surface area contributed by atoms with E-state index in [9.17, 15) is 9.90 Å². The summed E-state index contributed by atoms with van der Waals surface area (Å²) in [6, 6.07) is 8.71. The van der Waals surface area contributed by atoms with Crippen molar-refractivity contribution in [2.24, 2.45) is 0 Å². The number of rotatable bonds is 3. The number of amides is 1. The Balaban J connectivity index is 2.13. The monoisotopic (exact) mass is 384 g/mol. The van der Waals surface area contributed by atoms with E-state index in [4.69, 9.17) is 0 Å². The van der Waals surface area contributed by atoms with Gasteiger partial charge in [-0.2, -0.15) is 0 Å².